The number of benzene rings is 2. The van der Waals surface area contributed by atoms with Crippen LogP contribution in [0.2, 0.25) is 0 Å². The van der Waals surface area contributed by atoms with Crippen LogP contribution >= 0.6 is 0 Å². The van der Waals surface area contributed by atoms with E-state index in [1.54, 1.807) is 0 Å². The van der Waals surface area contributed by atoms with Crippen molar-refractivity contribution < 1.29 is 4.79 Å². The molecule has 0 aliphatic heterocycles. The van der Waals surface area contributed by atoms with Crippen molar-refractivity contribution in [2.24, 2.45) is 5.92 Å². The van der Waals surface area contributed by atoms with Crippen molar-refractivity contribution in [3.63, 3.8) is 0 Å². The first kappa shape index (κ1) is 15.6. The van der Waals surface area contributed by atoms with E-state index in [1.807, 2.05) is 42.5 Å². The first-order chi connectivity index (χ1) is 10.3. The summed E-state index contributed by atoms with van der Waals surface area (Å²) in [7, 11) is 0. The Hall–Kier alpha value is -1.83. The van der Waals surface area contributed by atoms with Crippen molar-refractivity contribution in [1.29, 1.82) is 0 Å². The minimum absolute atomic E-state index is 0.0433. The summed E-state index contributed by atoms with van der Waals surface area (Å²) >= 11 is 0. The van der Waals surface area contributed by atoms with Crippen LogP contribution in [0.4, 0.5) is 0 Å². The van der Waals surface area contributed by atoms with Crippen molar-refractivity contribution in [1.82, 2.24) is 5.32 Å². The molecule has 0 spiro atoms. The van der Waals surface area contributed by atoms with Crippen molar-refractivity contribution in [2.75, 3.05) is 6.54 Å². The molecule has 1 amide bonds. The topological polar surface area (TPSA) is 29.1 Å². The van der Waals surface area contributed by atoms with Gasteiger partial charge in [-0.25, -0.2) is 0 Å². The predicted molar refractivity (Wildman–Crippen MR) is 89.6 cm³/mol. The van der Waals surface area contributed by atoms with Crippen molar-refractivity contribution in [2.45, 2.75) is 39.5 Å². The van der Waals surface area contributed by atoms with Gasteiger partial charge in [-0.2, -0.15) is 0 Å². The van der Waals surface area contributed by atoms with Crippen LogP contribution in [0.25, 0.3) is 10.8 Å². The van der Waals surface area contributed by atoms with Gasteiger partial charge in [-0.3, -0.25) is 4.79 Å². The van der Waals surface area contributed by atoms with Crippen LogP contribution in [0.3, 0.4) is 0 Å². The molecule has 2 aromatic rings. The van der Waals surface area contributed by atoms with Crippen LogP contribution in [-0.2, 0) is 0 Å². The number of hydrogen-bond acceptors (Lipinski definition) is 1. The Bertz CT molecular complexity index is 586. The highest BCUT2D eigenvalue weighted by atomic mass is 16.1. The van der Waals surface area contributed by atoms with E-state index in [2.05, 4.69) is 19.2 Å². The molecule has 0 saturated heterocycles. The fourth-order valence-electron chi connectivity index (χ4n) is 2.70. The third-order valence-corrected chi connectivity index (χ3v) is 4.13. The monoisotopic (exact) mass is 283 g/mol. The smallest absolute Gasteiger partial charge is 0.251 e. The molecule has 0 saturated carbocycles. The maximum absolute atomic E-state index is 12.4. The summed E-state index contributed by atoms with van der Waals surface area (Å²) in [5.41, 5.74) is 0.776. The fourth-order valence-corrected chi connectivity index (χ4v) is 2.70. The van der Waals surface area contributed by atoms with Gasteiger partial charge in [0.1, 0.15) is 0 Å². The molecule has 0 aromatic heterocycles. The minimum atomic E-state index is 0.0433. The highest BCUT2D eigenvalue weighted by Crippen LogP contribution is 2.18. The van der Waals surface area contributed by atoms with Crippen LogP contribution in [-0.4, -0.2) is 12.5 Å². The summed E-state index contributed by atoms with van der Waals surface area (Å²) in [5, 5.41) is 5.25. The highest BCUT2D eigenvalue weighted by Gasteiger charge is 2.12. The van der Waals surface area contributed by atoms with Gasteiger partial charge in [0.15, 0.2) is 0 Å². The lowest BCUT2D eigenvalue weighted by Gasteiger charge is -2.15. The number of carbonyl (C=O) groups excluding carboxylic acids is 1. The molecule has 0 bridgehead atoms. The van der Waals surface area contributed by atoms with Gasteiger partial charge in [0.2, 0.25) is 0 Å². The number of hydrogen-bond donors (Lipinski definition) is 1. The van der Waals surface area contributed by atoms with E-state index < -0.39 is 0 Å². The molecule has 112 valence electrons. The van der Waals surface area contributed by atoms with Crippen LogP contribution in [0.1, 0.15) is 49.9 Å². The Morgan fingerprint density at radius 3 is 2.62 bits per heavy atom. The number of unbranched alkanes of at least 4 members (excludes halogenated alkanes) is 1. The van der Waals surface area contributed by atoms with Gasteiger partial charge in [-0.1, -0.05) is 69.5 Å². The molecule has 1 atom stereocenters. The standard InChI is InChI=1S/C19H25NO/c1-3-5-9-15(4-2)14-20-19(21)18-13-8-11-16-10-6-7-12-17(16)18/h6-8,10-13,15H,3-5,9,14H2,1-2H3,(H,20,21)/t15-/m0/s1. The summed E-state index contributed by atoms with van der Waals surface area (Å²) in [5.74, 6) is 0.630. The predicted octanol–water partition coefficient (Wildman–Crippen LogP) is 4.79. The molecule has 2 rings (SSSR count). The first-order valence-electron chi connectivity index (χ1n) is 8.02. The molecule has 1 N–H and O–H groups in total. The van der Waals surface area contributed by atoms with Crippen molar-refractivity contribution >= 4 is 16.7 Å². The Morgan fingerprint density at radius 1 is 1.10 bits per heavy atom. The van der Waals surface area contributed by atoms with E-state index in [1.165, 1.54) is 19.3 Å². The lowest BCUT2D eigenvalue weighted by Crippen LogP contribution is -2.29. The van der Waals surface area contributed by atoms with E-state index >= 15 is 0 Å². The average molecular weight is 283 g/mol. The molecule has 0 aliphatic rings. The molecule has 0 fully saturated rings. The molecular weight excluding hydrogens is 258 g/mol. The van der Waals surface area contributed by atoms with Gasteiger partial charge >= 0.3 is 0 Å². The normalized spacial score (nSPS) is 12.3. The third-order valence-electron chi connectivity index (χ3n) is 4.13. The minimum Gasteiger partial charge on any atom is -0.352 e. The van der Waals surface area contributed by atoms with E-state index in [0.29, 0.717) is 5.92 Å². The molecule has 2 nitrogen and oxygen atoms in total. The van der Waals surface area contributed by atoms with Crippen LogP contribution in [0.15, 0.2) is 42.5 Å². The molecule has 0 heterocycles. The van der Waals surface area contributed by atoms with E-state index in [9.17, 15) is 4.79 Å². The number of fused-ring (bicyclic) bond motifs is 1. The summed E-state index contributed by atoms with van der Waals surface area (Å²) in [4.78, 5) is 12.4. The second kappa shape index (κ2) is 7.82. The second-order valence-electron chi connectivity index (χ2n) is 5.65. The van der Waals surface area contributed by atoms with Crippen LogP contribution < -0.4 is 5.32 Å². The average Bonchev–Trinajstić information content (AvgIpc) is 2.54. The zero-order chi connectivity index (χ0) is 15.1. The van der Waals surface area contributed by atoms with E-state index in [4.69, 9.17) is 0 Å². The third kappa shape index (κ3) is 4.07. The lowest BCUT2D eigenvalue weighted by molar-refractivity contribution is 0.0947. The number of rotatable bonds is 7. The Balaban J connectivity index is 2.05. The number of amides is 1. The molecule has 2 heteroatoms. The second-order valence-corrected chi connectivity index (χ2v) is 5.65. The molecular formula is C19H25NO. The maximum Gasteiger partial charge on any atom is 0.251 e. The van der Waals surface area contributed by atoms with E-state index in [-0.39, 0.29) is 5.91 Å². The van der Waals surface area contributed by atoms with Gasteiger partial charge in [0.25, 0.3) is 5.91 Å². The van der Waals surface area contributed by atoms with E-state index in [0.717, 1.165) is 29.3 Å². The van der Waals surface area contributed by atoms with Gasteiger partial charge in [-0.05, 0) is 29.2 Å². The van der Waals surface area contributed by atoms with Crippen molar-refractivity contribution in [3.05, 3.63) is 48.0 Å². The first-order valence-corrected chi connectivity index (χ1v) is 8.02. The molecule has 0 aliphatic carbocycles. The van der Waals surface area contributed by atoms with Gasteiger partial charge in [-0.15, -0.1) is 0 Å². The summed E-state index contributed by atoms with van der Waals surface area (Å²) in [6, 6.07) is 13.9. The quantitative estimate of drug-likeness (QED) is 0.778. The SMILES string of the molecule is CCCC[C@H](CC)CNC(=O)c1cccc2ccccc12. The number of nitrogens with one attached hydrogen (secondary N) is 1. The molecule has 21 heavy (non-hydrogen) atoms. The summed E-state index contributed by atoms with van der Waals surface area (Å²) in [6.45, 7) is 5.18. The fraction of sp³-hybridized carbons (Fsp3) is 0.421. The molecule has 2 aromatic carbocycles. The largest absolute Gasteiger partial charge is 0.352 e. The Labute approximate surface area is 127 Å². The lowest BCUT2D eigenvalue weighted by atomic mass is 9.99. The number of carbonyl (C=O) groups is 1. The van der Waals surface area contributed by atoms with Crippen LogP contribution in [0, 0.1) is 5.92 Å². The van der Waals surface area contributed by atoms with Crippen LogP contribution in [0.5, 0.6) is 0 Å². The zero-order valence-electron chi connectivity index (χ0n) is 13.1. The molecule has 0 radical (unpaired) electrons. The highest BCUT2D eigenvalue weighted by molar-refractivity contribution is 6.06. The Morgan fingerprint density at radius 2 is 1.86 bits per heavy atom. The van der Waals surface area contributed by atoms with Crippen molar-refractivity contribution in [3.8, 4) is 0 Å². The van der Waals surface area contributed by atoms with Gasteiger partial charge in [0.05, 0.1) is 0 Å². The summed E-state index contributed by atoms with van der Waals surface area (Å²) < 4.78 is 0. The van der Waals surface area contributed by atoms with Gasteiger partial charge in [0, 0.05) is 12.1 Å². The zero-order valence-corrected chi connectivity index (χ0v) is 13.1. The Kier molecular flexibility index (Phi) is 5.79. The van der Waals surface area contributed by atoms with Gasteiger partial charge < -0.3 is 5.32 Å². The summed E-state index contributed by atoms with van der Waals surface area (Å²) in [6.07, 6.45) is 4.77. The molecule has 0 unspecified atom stereocenters. The maximum atomic E-state index is 12.4.